The molecule has 3 unspecified atom stereocenters. The summed E-state index contributed by atoms with van der Waals surface area (Å²) in [5, 5.41) is 12.3. The Balaban J connectivity index is 1.71. The molecule has 1 aliphatic heterocycles. The van der Waals surface area contributed by atoms with E-state index in [1.165, 1.54) is 0 Å². The van der Waals surface area contributed by atoms with E-state index in [1.54, 1.807) is 0 Å². The van der Waals surface area contributed by atoms with Gasteiger partial charge in [0.2, 0.25) is 5.91 Å². The molecule has 2 N–H and O–H groups in total. The summed E-state index contributed by atoms with van der Waals surface area (Å²) in [7, 11) is 0. The highest BCUT2D eigenvalue weighted by Crippen LogP contribution is 2.33. The summed E-state index contributed by atoms with van der Waals surface area (Å²) in [4.78, 5) is 23.4. The minimum atomic E-state index is -0.822. The van der Waals surface area contributed by atoms with Gasteiger partial charge >= 0.3 is 5.97 Å². The van der Waals surface area contributed by atoms with Crippen LogP contribution in [0.15, 0.2) is 0 Å². The molecule has 0 aromatic rings. The highest BCUT2D eigenvalue weighted by Gasteiger charge is 2.41. The predicted octanol–water partition coefficient (Wildman–Crippen LogP) is 1.72. The number of carbonyl (C=O) groups excluding carboxylic acids is 1. The third-order valence-electron chi connectivity index (χ3n) is 4.73. The van der Waals surface area contributed by atoms with Crippen molar-refractivity contribution in [3.05, 3.63) is 0 Å². The number of hydrogen-bond donors (Lipinski definition) is 2. The van der Waals surface area contributed by atoms with E-state index in [4.69, 9.17) is 9.47 Å². The second-order valence-electron chi connectivity index (χ2n) is 6.56. The largest absolute Gasteiger partial charge is 0.481 e. The first-order chi connectivity index (χ1) is 10.5. The van der Waals surface area contributed by atoms with E-state index in [1.807, 2.05) is 6.92 Å². The van der Waals surface area contributed by atoms with Crippen LogP contribution in [0.25, 0.3) is 0 Å². The molecule has 0 aromatic heterocycles. The molecule has 1 aliphatic carbocycles. The first-order valence-electron chi connectivity index (χ1n) is 8.24. The van der Waals surface area contributed by atoms with E-state index in [9.17, 15) is 14.7 Å². The van der Waals surface area contributed by atoms with Gasteiger partial charge in [0.25, 0.3) is 0 Å². The summed E-state index contributed by atoms with van der Waals surface area (Å²) in [6.45, 7) is 3.52. The molecule has 6 nitrogen and oxygen atoms in total. The molecule has 126 valence electrons. The summed E-state index contributed by atoms with van der Waals surface area (Å²) in [6, 6.07) is 0. The van der Waals surface area contributed by atoms with Gasteiger partial charge in [-0.25, -0.2) is 0 Å². The highest BCUT2D eigenvalue weighted by atomic mass is 16.5. The first-order valence-corrected chi connectivity index (χ1v) is 8.24. The summed E-state index contributed by atoms with van der Waals surface area (Å²) in [6.07, 6.45) is 5.72. The van der Waals surface area contributed by atoms with Gasteiger partial charge in [0.15, 0.2) is 0 Å². The van der Waals surface area contributed by atoms with Crippen molar-refractivity contribution in [3.63, 3.8) is 0 Å². The van der Waals surface area contributed by atoms with E-state index in [0.717, 1.165) is 32.3 Å². The van der Waals surface area contributed by atoms with Gasteiger partial charge in [0, 0.05) is 13.0 Å². The fourth-order valence-electron chi connectivity index (χ4n) is 3.42. The maximum absolute atomic E-state index is 12.1. The summed E-state index contributed by atoms with van der Waals surface area (Å²) in [5.41, 5.74) is -0.643. The predicted molar refractivity (Wildman–Crippen MR) is 80.6 cm³/mol. The second-order valence-corrected chi connectivity index (χ2v) is 6.56. The standard InChI is InChI=1S/C16H27NO5/c1-16(8-3-2-6-13(16)15(19)20)17-14(18)7-10-21-11-12-5-4-9-22-12/h12-13H,2-11H2,1H3,(H,17,18)(H,19,20). The van der Waals surface area contributed by atoms with Crippen molar-refractivity contribution in [2.24, 2.45) is 5.92 Å². The number of hydrogen-bond acceptors (Lipinski definition) is 4. The Morgan fingerprint density at radius 2 is 2.14 bits per heavy atom. The molecule has 2 aliphatic rings. The summed E-state index contributed by atoms with van der Waals surface area (Å²) < 4.78 is 10.9. The lowest BCUT2D eigenvalue weighted by Crippen LogP contribution is -2.55. The topological polar surface area (TPSA) is 84.9 Å². The number of aliphatic carboxylic acids is 1. The van der Waals surface area contributed by atoms with Crippen molar-refractivity contribution in [1.29, 1.82) is 0 Å². The van der Waals surface area contributed by atoms with Gasteiger partial charge in [-0.3, -0.25) is 9.59 Å². The molecule has 0 aromatic carbocycles. The number of rotatable bonds is 7. The quantitative estimate of drug-likeness (QED) is 0.699. The smallest absolute Gasteiger partial charge is 0.308 e. The van der Waals surface area contributed by atoms with Gasteiger partial charge in [0.05, 0.1) is 30.8 Å². The fourth-order valence-corrected chi connectivity index (χ4v) is 3.42. The van der Waals surface area contributed by atoms with Crippen molar-refractivity contribution in [2.45, 2.75) is 63.5 Å². The lowest BCUT2D eigenvalue weighted by Gasteiger charge is -2.39. The van der Waals surface area contributed by atoms with Gasteiger partial charge in [-0.15, -0.1) is 0 Å². The molecule has 2 fully saturated rings. The molecule has 0 radical (unpaired) electrons. The first kappa shape index (κ1) is 17.2. The van der Waals surface area contributed by atoms with Crippen LogP contribution in [-0.4, -0.2) is 48.4 Å². The second kappa shape index (κ2) is 7.92. The number of carbonyl (C=O) groups is 2. The van der Waals surface area contributed by atoms with Crippen molar-refractivity contribution < 1.29 is 24.2 Å². The zero-order chi connectivity index (χ0) is 16.0. The minimum absolute atomic E-state index is 0.136. The zero-order valence-corrected chi connectivity index (χ0v) is 13.3. The SMILES string of the molecule is CC1(NC(=O)CCOCC2CCCO2)CCCCC1C(=O)O. The molecule has 6 heteroatoms. The minimum Gasteiger partial charge on any atom is -0.481 e. The maximum atomic E-state index is 12.1. The van der Waals surface area contributed by atoms with Crippen molar-refractivity contribution in [3.8, 4) is 0 Å². The number of carboxylic acids is 1. The number of nitrogens with one attached hydrogen (secondary N) is 1. The molecule has 0 bridgehead atoms. The molecule has 3 atom stereocenters. The summed E-state index contributed by atoms with van der Waals surface area (Å²) in [5.74, 6) is -1.46. The van der Waals surface area contributed by atoms with Crippen LogP contribution in [0.5, 0.6) is 0 Å². The summed E-state index contributed by atoms with van der Waals surface area (Å²) >= 11 is 0. The molecule has 1 amide bonds. The number of ether oxygens (including phenoxy) is 2. The van der Waals surface area contributed by atoms with Crippen LogP contribution in [0, 0.1) is 5.92 Å². The number of carboxylic acid groups (broad SMARTS) is 1. The number of amides is 1. The van der Waals surface area contributed by atoms with Crippen LogP contribution in [0.2, 0.25) is 0 Å². The van der Waals surface area contributed by atoms with Crippen LogP contribution in [0.3, 0.4) is 0 Å². The Labute approximate surface area is 131 Å². The molecule has 22 heavy (non-hydrogen) atoms. The average molecular weight is 313 g/mol. The maximum Gasteiger partial charge on any atom is 0.308 e. The Hall–Kier alpha value is -1.14. The third-order valence-corrected chi connectivity index (χ3v) is 4.73. The van der Waals surface area contributed by atoms with Gasteiger partial charge in [-0.1, -0.05) is 12.8 Å². The Morgan fingerprint density at radius 3 is 2.82 bits per heavy atom. The van der Waals surface area contributed by atoms with Crippen molar-refractivity contribution in [1.82, 2.24) is 5.32 Å². The molecule has 1 saturated carbocycles. The van der Waals surface area contributed by atoms with E-state index >= 15 is 0 Å². The molecular formula is C16H27NO5. The van der Waals surface area contributed by atoms with Gasteiger partial charge in [-0.05, 0) is 32.6 Å². The van der Waals surface area contributed by atoms with E-state index in [0.29, 0.717) is 26.1 Å². The van der Waals surface area contributed by atoms with Crippen LogP contribution >= 0.6 is 0 Å². The van der Waals surface area contributed by atoms with Crippen LogP contribution in [0.1, 0.15) is 51.9 Å². The molecule has 1 saturated heterocycles. The van der Waals surface area contributed by atoms with Gasteiger partial charge in [0.1, 0.15) is 0 Å². The Bertz CT molecular complexity index is 394. The lowest BCUT2D eigenvalue weighted by molar-refractivity contribution is -0.146. The molecule has 2 rings (SSSR count). The van der Waals surface area contributed by atoms with Crippen molar-refractivity contribution in [2.75, 3.05) is 19.8 Å². The lowest BCUT2D eigenvalue weighted by atomic mass is 9.74. The normalized spacial score (nSPS) is 31.9. The van der Waals surface area contributed by atoms with Gasteiger partial charge in [-0.2, -0.15) is 0 Å². The fraction of sp³-hybridized carbons (Fsp3) is 0.875. The van der Waals surface area contributed by atoms with Gasteiger partial charge < -0.3 is 19.9 Å². The third kappa shape index (κ3) is 4.68. The van der Waals surface area contributed by atoms with Crippen LogP contribution < -0.4 is 5.32 Å². The van der Waals surface area contributed by atoms with Crippen LogP contribution in [0.4, 0.5) is 0 Å². The Morgan fingerprint density at radius 1 is 1.32 bits per heavy atom. The molecule has 0 spiro atoms. The molecule has 1 heterocycles. The highest BCUT2D eigenvalue weighted by molar-refractivity contribution is 5.79. The monoisotopic (exact) mass is 313 g/mol. The zero-order valence-electron chi connectivity index (χ0n) is 13.3. The van der Waals surface area contributed by atoms with Crippen molar-refractivity contribution >= 4 is 11.9 Å². The average Bonchev–Trinajstić information content (AvgIpc) is 2.96. The van der Waals surface area contributed by atoms with Crippen LogP contribution in [-0.2, 0) is 19.1 Å². The molecular weight excluding hydrogens is 286 g/mol. The van der Waals surface area contributed by atoms with E-state index in [2.05, 4.69) is 5.32 Å². The Kier molecular flexibility index (Phi) is 6.20. The van der Waals surface area contributed by atoms with E-state index < -0.39 is 17.4 Å². The van der Waals surface area contributed by atoms with E-state index in [-0.39, 0.29) is 18.4 Å².